The zero-order valence-electron chi connectivity index (χ0n) is 13.0. The van der Waals surface area contributed by atoms with E-state index in [1.165, 1.54) is 26.0 Å². The predicted molar refractivity (Wildman–Crippen MR) is 90.0 cm³/mol. The number of carbonyl (C=O) groups is 1. The van der Waals surface area contributed by atoms with Gasteiger partial charge < -0.3 is 19.5 Å². The summed E-state index contributed by atoms with van der Waals surface area (Å²) in [7, 11) is 2.94. The van der Waals surface area contributed by atoms with Crippen LogP contribution in [0.3, 0.4) is 0 Å². The molecule has 7 heteroatoms. The van der Waals surface area contributed by atoms with Gasteiger partial charge in [0.25, 0.3) is 5.91 Å². The van der Waals surface area contributed by atoms with Gasteiger partial charge in [-0.15, -0.1) is 0 Å². The van der Waals surface area contributed by atoms with Crippen LogP contribution in [0.15, 0.2) is 22.0 Å². The number of thioether (sulfide) groups is 1. The Morgan fingerprint density at radius 3 is 2.39 bits per heavy atom. The van der Waals surface area contributed by atoms with Gasteiger partial charge in [0.1, 0.15) is 0 Å². The smallest absolute Gasteiger partial charge is 0.286 e. The van der Waals surface area contributed by atoms with Crippen molar-refractivity contribution in [2.75, 3.05) is 27.3 Å². The lowest BCUT2D eigenvalue weighted by Gasteiger charge is -2.14. The number of benzene rings is 1. The molecule has 2 heterocycles. The summed E-state index contributed by atoms with van der Waals surface area (Å²) in [5.41, 5.74) is 0.713. The minimum Gasteiger partial charge on any atom is -0.502 e. The van der Waals surface area contributed by atoms with Crippen molar-refractivity contribution in [1.29, 1.82) is 0 Å². The summed E-state index contributed by atoms with van der Waals surface area (Å²) in [5, 5.41) is 10.7. The summed E-state index contributed by atoms with van der Waals surface area (Å²) in [4.78, 5) is 18.9. The second-order valence-corrected chi connectivity index (χ2v) is 6.29. The van der Waals surface area contributed by atoms with Gasteiger partial charge in [-0.25, -0.2) is 0 Å². The average Bonchev–Trinajstić information content (AvgIpc) is 3.19. The fourth-order valence-corrected chi connectivity index (χ4v) is 3.56. The number of hydrogen-bond acceptors (Lipinski definition) is 6. The molecule has 0 atom stereocenters. The Kier molecular flexibility index (Phi) is 4.47. The van der Waals surface area contributed by atoms with Gasteiger partial charge in [-0.05, 0) is 48.4 Å². The summed E-state index contributed by atoms with van der Waals surface area (Å²) in [6.45, 7) is 1.90. The quantitative estimate of drug-likeness (QED) is 0.856. The number of phenols is 1. The second-order valence-electron chi connectivity index (χ2n) is 5.28. The van der Waals surface area contributed by atoms with Gasteiger partial charge in [0.05, 0.1) is 19.1 Å². The monoisotopic (exact) mass is 334 g/mol. The predicted octanol–water partition coefficient (Wildman–Crippen LogP) is 2.48. The van der Waals surface area contributed by atoms with E-state index in [4.69, 9.17) is 9.47 Å². The second kappa shape index (κ2) is 6.54. The molecule has 1 fully saturated rings. The molecule has 1 amide bonds. The largest absolute Gasteiger partial charge is 0.502 e. The first-order valence-corrected chi connectivity index (χ1v) is 8.16. The van der Waals surface area contributed by atoms with Gasteiger partial charge in [0.2, 0.25) is 5.75 Å². The van der Waals surface area contributed by atoms with Gasteiger partial charge in [-0.1, -0.05) is 0 Å². The Labute approximate surface area is 138 Å². The number of methoxy groups -OCH3 is 2. The molecule has 0 saturated carbocycles. The number of nitrogens with zero attached hydrogens (tertiary/aromatic N) is 2. The van der Waals surface area contributed by atoms with Crippen LogP contribution in [0, 0.1) is 0 Å². The summed E-state index contributed by atoms with van der Waals surface area (Å²) < 4.78 is 10.3. The number of aromatic hydroxyl groups is 1. The highest BCUT2D eigenvalue weighted by atomic mass is 32.2. The SMILES string of the molecule is COc1cc(/C=C2\SC(N3CCCC3)=NC2=O)cc(OC)c1O. The Morgan fingerprint density at radius 1 is 1.22 bits per heavy atom. The molecule has 1 aromatic rings. The summed E-state index contributed by atoms with van der Waals surface area (Å²) in [6, 6.07) is 3.32. The maximum Gasteiger partial charge on any atom is 0.286 e. The summed E-state index contributed by atoms with van der Waals surface area (Å²) in [6.07, 6.45) is 4.02. The third-order valence-electron chi connectivity index (χ3n) is 3.79. The molecule has 0 aliphatic carbocycles. The first-order chi connectivity index (χ1) is 11.1. The van der Waals surface area contributed by atoms with Crippen molar-refractivity contribution in [2.24, 2.45) is 4.99 Å². The molecule has 23 heavy (non-hydrogen) atoms. The Balaban J connectivity index is 1.86. The van der Waals surface area contributed by atoms with Crippen molar-refractivity contribution in [2.45, 2.75) is 12.8 Å². The molecule has 0 radical (unpaired) electrons. The number of ether oxygens (including phenoxy) is 2. The lowest BCUT2D eigenvalue weighted by atomic mass is 10.1. The van der Waals surface area contributed by atoms with Gasteiger partial charge in [-0.3, -0.25) is 4.79 Å². The number of aliphatic imine (C=N–C) groups is 1. The zero-order valence-corrected chi connectivity index (χ0v) is 13.9. The normalized spacial score (nSPS) is 19.4. The van der Waals surface area contributed by atoms with Crippen molar-refractivity contribution in [3.05, 3.63) is 22.6 Å². The Morgan fingerprint density at radius 2 is 1.83 bits per heavy atom. The lowest BCUT2D eigenvalue weighted by Crippen LogP contribution is -2.23. The van der Waals surface area contributed by atoms with Crippen LogP contribution in [0.1, 0.15) is 18.4 Å². The lowest BCUT2D eigenvalue weighted by molar-refractivity contribution is -0.113. The molecule has 2 aliphatic rings. The van der Waals surface area contributed by atoms with E-state index >= 15 is 0 Å². The van der Waals surface area contributed by atoms with E-state index in [0.29, 0.717) is 22.0 Å². The molecule has 0 unspecified atom stereocenters. The van der Waals surface area contributed by atoms with Crippen molar-refractivity contribution in [3.63, 3.8) is 0 Å². The van der Waals surface area contributed by atoms with Gasteiger partial charge >= 0.3 is 0 Å². The molecular weight excluding hydrogens is 316 g/mol. The van der Waals surface area contributed by atoms with E-state index in [9.17, 15) is 9.90 Å². The first-order valence-electron chi connectivity index (χ1n) is 7.35. The molecule has 0 aromatic heterocycles. The van der Waals surface area contributed by atoms with E-state index in [2.05, 4.69) is 9.89 Å². The standard InChI is InChI=1S/C16H18N2O4S/c1-21-11-7-10(8-12(22-2)14(11)19)9-13-15(20)17-16(23-13)18-5-3-4-6-18/h7-9,19H,3-6H2,1-2H3/b13-9-. The van der Waals surface area contributed by atoms with E-state index in [1.54, 1.807) is 18.2 Å². The molecule has 1 N–H and O–H groups in total. The van der Waals surface area contributed by atoms with Gasteiger partial charge in [0.15, 0.2) is 16.7 Å². The molecule has 6 nitrogen and oxygen atoms in total. The number of carbonyl (C=O) groups excluding carboxylic acids is 1. The third-order valence-corrected chi connectivity index (χ3v) is 4.83. The minimum atomic E-state index is -0.233. The van der Waals surface area contributed by atoms with Gasteiger partial charge in [-0.2, -0.15) is 4.99 Å². The molecule has 0 spiro atoms. The Bertz CT molecular complexity index is 668. The van der Waals surface area contributed by atoms with E-state index in [1.807, 2.05) is 0 Å². The van der Waals surface area contributed by atoms with E-state index in [0.717, 1.165) is 31.1 Å². The average molecular weight is 334 g/mol. The van der Waals surface area contributed by atoms with E-state index < -0.39 is 0 Å². The fraction of sp³-hybridized carbons (Fsp3) is 0.375. The van der Waals surface area contributed by atoms with Crippen molar-refractivity contribution >= 4 is 28.9 Å². The van der Waals surface area contributed by atoms with Crippen LogP contribution in [-0.2, 0) is 4.79 Å². The van der Waals surface area contributed by atoms with Crippen molar-refractivity contribution < 1.29 is 19.4 Å². The topological polar surface area (TPSA) is 71.4 Å². The highest BCUT2D eigenvalue weighted by Crippen LogP contribution is 2.39. The van der Waals surface area contributed by atoms with Crippen molar-refractivity contribution in [3.8, 4) is 17.2 Å². The summed E-state index contributed by atoms with van der Waals surface area (Å²) in [5.74, 6) is 0.305. The van der Waals surface area contributed by atoms with Crippen LogP contribution in [-0.4, -0.2) is 48.4 Å². The first kappa shape index (κ1) is 15.7. The molecule has 1 aromatic carbocycles. The highest BCUT2D eigenvalue weighted by molar-refractivity contribution is 8.18. The van der Waals surface area contributed by atoms with Crippen LogP contribution < -0.4 is 9.47 Å². The van der Waals surface area contributed by atoms with Crippen LogP contribution in [0.2, 0.25) is 0 Å². The number of likely N-dealkylation sites (tertiary alicyclic amines) is 1. The number of amidine groups is 1. The van der Waals surface area contributed by atoms with E-state index in [-0.39, 0.29) is 11.7 Å². The van der Waals surface area contributed by atoms with Gasteiger partial charge in [0, 0.05) is 13.1 Å². The number of phenolic OH excluding ortho intramolecular Hbond substituents is 1. The third kappa shape index (κ3) is 3.14. The van der Waals surface area contributed by atoms with Crippen molar-refractivity contribution in [1.82, 2.24) is 4.90 Å². The molecular formula is C16H18N2O4S. The maximum atomic E-state index is 12.1. The van der Waals surface area contributed by atoms with Crippen LogP contribution >= 0.6 is 11.8 Å². The number of rotatable bonds is 3. The minimum absolute atomic E-state index is 0.0587. The maximum absolute atomic E-state index is 12.1. The fourth-order valence-electron chi connectivity index (χ4n) is 2.59. The van der Waals surface area contributed by atoms with Crippen LogP contribution in [0.4, 0.5) is 0 Å². The number of hydrogen-bond donors (Lipinski definition) is 1. The van der Waals surface area contributed by atoms with Crippen LogP contribution in [0.5, 0.6) is 17.2 Å². The molecule has 2 aliphatic heterocycles. The zero-order chi connectivity index (χ0) is 16.4. The summed E-state index contributed by atoms with van der Waals surface area (Å²) >= 11 is 1.39. The number of amides is 1. The molecule has 122 valence electrons. The molecule has 3 rings (SSSR count). The van der Waals surface area contributed by atoms with Crippen LogP contribution in [0.25, 0.3) is 6.08 Å². The Hall–Kier alpha value is -2.15. The highest BCUT2D eigenvalue weighted by Gasteiger charge is 2.27. The molecule has 0 bridgehead atoms. The molecule has 1 saturated heterocycles.